The van der Waals surface area contributed by atoms with Crippen LogP contribution in [-0.2, 0) is 4.79 Å². The maximum Gasteiger partial charge on any atom is 0.323 e. The lowest BCUT2D eigenvalue weighted by Gasteiger charge is -2.25. The first-order valence-corrected chi connectivity index (χ1v) is 8.65. The molecule has 1 N–H and O–H groups in total. The number of hydrogen-bond donors (Lipinski definition) is 1. The van der Waals surface area contributed by atoms with E-state index in [2.05, 4.69) is 0 Å². The van der Waals surface area contributed by atoms with Crippen LogP contribution in [-0.4, -0.2) is 39.0 Å². The summed E-state index contributed by atoms with van der Waals surface area (Å²) in [5.41, 5.74) is -0.329. The van der Waals surface area contributed by atoms with Crippen molar-refractivity contribution < 1.29 is 19.1 Å². The van der Waals surface area contributed by atoms with Crippen LogP contribution in [0, 0.1) is 5.82 Å². The van der Waals surface area contributed by atoms with Crippen LogP contribution in [0.2, 0.25) is 5.02 Å². The number of rotatable bonds is 5. The molecule has 1 aromatic heterocycles. The molecule has 0 saturated heterocycles. The van der Waals surface area contributed by atoms with Crippen molar-refractivity contribution >= 4 is 34.4 Å². The van der Waals surface area contributed by atoms with E-state index >= 15 is 0 Å². The van der Waals surface area contributed by atoms with Gasteiger partial charge in [0.05, 0.1) is 10.5 Å². The Morgan fingerprint density at radius 1 is 1.38 bits per heavy atom. The highest BCUT2D eigenvalue weighted by atomic mass is 35.5. The number of carbonyl (C=O) groups excluding carboxylic acids is 1. The SMILES string of the molecule is CC(C)N(CC(=O)O)C(=O)c1cn(C2CC2)c2cc(Cl)c(F)cc2c1=O. The van der Waals surface area contributed by atoms with Crippen molar-refractivity contribution in [1.29, 1.82) is 0 Å². The quantitative estimate of drug-likeness (QED) is 0.864. The van der Waals surface area contributed by atoms with Crippen LogP contribution >= 0.6 is 11.6 Å². The zero-order valence-electron chi connectivity index (χ0n) is 14.3. The van der Waals surface area contributed by atoms with E-state index in [1.807, 2.05) is 0 Å². The Morgan fingerprint density at radius 3 is 2.58 bits per heavy atom. The van der Waals surface area contributed by atoms with Gasteiger partial charge in [-0.1, -0.05) is 11.6 Å². The number of halogens is 2. The minimum Gasteiger partial charge on any atom is -0.480 e. The van der Waals surface area contributed by atoms with Gasteiger partial charge in [-0.15, -0.1) is 0 Å². The number of aliphatic carboxylic acids is 1. The van der Waals surface area contributed by atoms with E-state index in [0.717, 1.165) is 23.8 Å². The number of carboxylic acid groups (broad SMARTS) is 1. The van der Waals surface area contributed by atoms with Gasteiger partial charge in [-0.3, -0.25) is 14.4 Å². The van der Waals surface area contributed by atoms with E-state index in [-0.39, 0.29) is 22.0 Å². The monoisotopic (exact) mass is 380 g/mol. The van der Waals surface area contributed by atoms with Gasteiger partial charge in [-0.25, -0.2) is 4.39 Å². The first-order valence-electron chi connectivity index (χ1n) is 8.27. The number of benzene rings is 1. The Labute approximate surface area is 153 Å². The predicted molar refractivity (Wildman–Crippen MR) is 95.3 cm³/mol. The van der Waals surface area contributed by atoms with Gasteiger partial charge in [0.25, 0.3) is 5.91 Å². The van der Waals surface area contributed by atoms with Gasteiger partial charge in [-0.05, 0) is 38.8 Å². The van der Waals surface area contributed by atoms with Crippen LogP contribution < -0.4 is 5.43 Å². The molecule has 0 spiro atoms. The Hall–Kier alpha value is -2.41. The summed E-state index contributed by atoms with van der Waals surface area (Å²) in [6.45, 7) is 2.81. The largest absolute Gasteiger partial charge is 0.480 e. The Morgan fingerprint density at radius 2 is 2.04 bits per heavy atom. The highest BCUT2D eigenvalue weighted by Crippen LogP contribution is 2.37. The molecule has 0 unspecified atom stereocenters. The smallest absolute Gasteiger partial charge is 0.323 e. The average Bonchev–Trinajstić information content (AvgIpc) is 3.39. The summed E-state index contributed by atoms with van der Waals surface area (Å²) in [5, 5.41) is 9.01. The molecule has 0 aliphatic heterocycles. The minimum absolute atomic E-state index is 0.0590. The van der Waals surface area contributed by atoms with Crippen LogP contribution in [0.25, 0.3) is 10.9 Å². The fraction of sp³-hybridized carbons (Fsp3) is 0.389. The molecule has 1 amide bonds. The Bertz CT molecular complexity index is 966. The zero-order valence-corrected chi connectivity index (χ0v) is 15.1. The summed E-state index contributed by atoms with van der Waals surface area (Å²) in [6.07, 6.45) is 3.20. The normalized spacial score (nSPS) is 14.0. The number of nitrogens with zero attached hydrogens (tertiary/aromatic N) is 2. The highest BCUT2D eigenvalue weighted by molar-refractivity contribution is 6.31. The summed E-state index contributed by atoms with van der Waals surface area (Å²) in [6, 6.07) is 2.12. The molecule has 1 heterocycles. The molecule has 1 fully saturated rings. The molecular formula is C18H18ClFN2O4. The van der Waals surface area contributed by atoms with E-state index in [0.29, 0.717) is 5.52 Å². The lowest BCUT2D eigenvalue weighted by atomic mass is 10.1. The summed E-state index contributed by atoms with van der Waals surface area (Å²) < 4.78 is 15.7. The van der Waals surface area contributed by atoms with Crippen LogP contribution in [0.1, 0.15) is 43.1 Å². The molecule has 8 heteroatoms. The fourth-order valence-corrected chi connectivity index (χ4v) is 3.10. The topological polar surface area (TPSA) is 79.6 Å². The minimum atomic E-state index is -1.17. The Kier molecular flexibility index (Phi) is 4.75. The van der Waals surface area contributed by atoms with Gasteiger partial charge in [-0.2, -0.15) is 0 Å². The summed E-state index contributed by atoms with van der Waals surface area (Å²) in [7, 11) is 0. The number of hydrogen-bond acceptors (Lipinski definition) is 3. The summed E-state index contributed by atoms with van der Waals surface area (Å²) in [4.78, 5) is 37.9. The first kappa shape index (κ1) is 18.4. The van der Waals surface area contributed by atoms with E-state index in [1.54, 1.807) is 18.4 Å². The fourth-order valence-electron chi connectivity index (χ4n) is 2.94. The second kappa shape index (κ2) is 6.72. The number of carbonyl (C=O) groups is 2. The number of fused-ring (bicyclic) bond motifs is 1. The average molecular weight is 381 g/mol. The molecule has 26 heavy (non-hydrogen) atoms. The third-order valence-electron chi connectivity index (χ3n) is 4.43. The molecule has 1 aromatic carbocycles. The zero-order chi connectivity index (χ0) is 19.2. The molecule has 0 bridgehead atoms. The van der Waals surface area contributed by atoms with Gasteiger partial charge in [0.15, 0.2) is 0 Å². The molecule has 3 rings (SSSR count). The van der Waals surface area contributed by atoms with Crippen molar-refractivity contribution in [2.45, 2.75) is 38.8 Å². The van der Waals surface area contributed by atoms with Crippen LogP contribution in [0.4, 0.5) is 4.39 Å². The Balaban J connectivity index is 2.21. The molecule has 1 aliphatic carbocycles. The van der Waals surface area contributed by atoms with Crippen LogP contribution in [0.3, 0.4) is 0 Å². The van der Waals surface area contributed by atoms with Gasteiger partial charge in [0.1, 0.15) is 17.9 Å². The lowest BCUT2D eigenvalue weighted by Crippen LogP contribution is -2.42. The predicted octanol–water partition coefficient (Wildman–Crippen LogP) is 3.06. The first-order chi connectivity index (χ1) is 12.2. The van der Waals surface area contributed by atoms with Gasteiger partial charge in [0.2, 0.25) is 5.43 Å². The van der Waals surface area contributed by atoms with E-state index in [9.17, 15) is 18.8 Å². The number of aromatic nitrogens is 1. The second-order valence-electron chi connectivity index (χ2n) is 6.71. The molecule has 0 atom stereocenters. The van der Waals surface area contributed by atoms with Gasteiger partial charge < -0.3 is 14.6 Å². The lowest BCUT2D eigenvalue weighted by molar-refractivity contribution is -0.138. The number of carboxylic acids is 1. The molecule has 6 nitrogen and oxygen atoms in total. The molecule has 138 valence electrons. The van der Waals surface area contributed by atoms with Crippen LogP contribution in [0.5, 0.6) is 0 Å². The van der Waals surface area contributed by atoms with Gasteiger partial charge in [0, 0.05) is 23.7 Å². The molecule has 0 radical (unpaired) electrons. The summed E-state index contributed by atoms with van der Waals surface area (Å²) >= 11 is 5.86. The molecule has 1 saturated carbocycles. The van der Waals surface area contributed by atoms with Crippen molar-refractivity contribution in [3.8, 4) is 0 Å². The molecule has 1 aliphatic rings. The van der Waals surface area contributed by atoms with Crippen molar-refractivity contribution in [1.82, 2.24) is 9.47 Å². The van der Waals surface area contributed by atoms with Crippen molar-refractivity contribution in [3.05, 3.63) is 45.0 Å². The second-order valence-corrected chi connectivity index (χ2v) is 7.12. The van der Waals surface area contributed by atoms with Crippen molar-refractivity contribution in [2.24, 2.45) is 0 Å². The van der Waals surface area contributed by atoms with Crippen molar-refractivity contribution in [2.75, 3.05) is 6.54 Å². The molecular weight excluding hydrogens is 363 g/mol. The number of pyridine rings is 1. The highest BCUT2D eigenvalue weighted by Gasteiger charge is 2.29. The molecule has 2 aromatic rings. The maximum absolute atomic E-state index is 13.9. The standard InChI is InChI=1S/C18H18ClFN2O4/c1-9(2)21(8-16(23)24)18(26)12-7-22(10-3-4-10)15-6-13(19)14(20)5-11(15)17(12)25/h5-7,9-10H,3-4,8H2,1-2H3,(H,23,24). The van der Waals surface area contributed by atoms with E-state index in [4.69, 9.17) is 16.7 Å². The maximum atomic E-state index is 13.9. The summed E-state index contributed by atoms with van der Waals surface area (Å²) in [5.74, 6) is -2.60. The van der Waals surface area contributed by atoms with Crippen molar-refractivity contribution in [3.63, 3.8) is 0 Å². The third-order valence-corrected chi connectivity index (χ3v) is 4.72. The van der Waals surface area contributed by atoms with Crippen LogP contribution in [0.15, 0.2) is 23.1 Å². The third kappa shape index (κ3) is 3.31. The van der Waals surface area contributed by atoms with E-state index < -0.39 is 35.7 Å². The van der Waals surface area contributed by atoms with E-state index in [1.165, 1.54) is 12.3 Å². The van der Waals surface area contributed by atoms with Gasteiger partial charge >= 0.3 is 5.97 Å². The number of amides is 1.